The second-order valence-corrected chi connectivity index (χ2v) is 17.5. The van der Waals surface area contributed by atoms with Crippen LogP contribution in [0, 0.1) is 0 Å². The molecule has 0 radical (unpaired) electrons. The number of hydrogen-bond acceptors (Lipinski definition) is 7. The molecule has 1 fully saturated rings. The lowest BCUT2D eigenvalue weighted by molar-refractivity contribution is -0.167. The fraction of sp³-hybridized carbons (Fsp3) is 0.902. The fourth-order valence-electron chi connectivity index (χ4n) is 7.76. The van der Waals surface area contributed by atoms with E-state index in [-0.39, 0.29) is 31.1 Å². The third kappa shape index (κ3) is 37.1. The summed E-state index contributed by atoms with van der Waals surface area (Å²) in [5, 5.41) is 0. The Hall–Kier alpha value is -1.89. The molecule has 0 N–H and O–H groups in total. The minimum absolute atomic E-state index is 0.0772. The van der Waals surface area contributed by atoms with Crippen molar-refractivity contribution in [3.8, 4) is 0 Å². The zero-order chi connectivity index (χ0) is 42.0. The molecule has 1 aliphatic rings. The van der Waals surface area contributed by atoms with Gasteiger partial charge in [0.1, 0.15) is 13.2 Å². The highest BCUT2D eigenvalue weighted by molar-refractivity contribution is 5.71. The summed E-state index contributed by atoms with van der Waals surface area (Å²) in [5.74, 6) is -0.892. The molecule has 0 saturated carbocycles. The molecule has 3 unspecified atom stereocenters. The normalized spacial score (nSPS) is 15.5. The summed E-state index contributed by atoms with van der Waals surface area (Å²) < 4.78 is 22.6. The topological polar surface area (TPSA) is 91.4 Å². The Kier molecular flexibility index (Phi) is 39.0. The van der Waals surface area contributed by atoms with Crippen LogP contribution in [0.5, 0.6) is 0 Å². The molecular formula is C51H94O7. The van der Waals surface area contributed by atoms with E-state index in [0.29, 0.717) is 31.5 Å². The molecule has 0 bridgehead atoms. The van der Waals surface area contributed by atoms with Crippen molar-refractivity contribution in [3.05, 3.63) is 12.2 Å². The number of hydrogen-bond donors (Lipinski definition) is 0. The lowest BCUT2D eigenvalue weighted by atomic mass is 10.0. The van der Waals surface area contributed by atoms with Crippen LogP contribution in [0.4, 0.5) is 0 Å². The van der Waals surface area contributed by atoms with Crippen LogP contribution >= 0.6 is 0 Å². The minimum Gasteiger partial charge on any atom is -0.462 e. The molecule has 0 aliphatic carbocycles. The van der Waals surface area contributed by atoms with E-state index >= 15 is 0 Å². The molecule has 1 saturated heterocycles. The van der Waals surface area contributed by atoms with Crippen LogP contribution in [0.15, 0.2) is 12.2 Å². The molecule has 7 nitrogen and oxygen atoms in total. The van der Waals surface area contributed by atoms with E-state index in [9.17, 15) is 14.4 Å². The van der Waals surface area contributed by atoms with Gasteiger partial charge in [0, 0.05) is 19.3 Å². The van der Waals surface area contributed by atoms with Crippen LogP contribution in [0.1, 0.15) is 265 Å². The summed E-state index contributed by atoms with van der Waals surface area (Å²) in [6, 6.07) is 0. The first-order valence-electron chi connectivity index (χ1n) is 25.3. The van der Waals surface area contributed by atoms with Crippen LogP contribution in [-0.4, -0.2) is 49.4 Å². The molecule has 0 aromatic carbocycles. The van der Waals surface area contributed by atoms with Crippen LogP contribution in [0.2, 0.25) is 0 Å². The first kappa shape index (κ1) is 54.1. The van der Waals surface area contributed by atoms with Gasteiger partial charge in [-0.15, -0.1) is 0 Å². The molecule has 340 valence electrons. The highest BCUT2D eigenvalue weighted by Gasteiger charge is 2.36. The predicted molar refractivity (Wildman–Crippen MR) is 242 cm³/mol. The number of ether oxygens (including phenoxy) is 4. The SMILES string of the molecule is CCCCCCCC/C=C\CCCCCCCC(=O)OC(COC(=O)CCCCCCCCCCC)COC(=O)CCCCCCCC1OC1CCCCCCCC. The van der Waals surface area contributed by atoms with Crippen molar-refractivity contribution in [3.63, 3.8) is 0 Å². The fourth-order valence-corrected chi connectivity index (χ4v) is 7.76. The van der Waals surface area contributed by atoms with E-state index in [1.54, 1.807) is 0 Å². The first-order valence-corrected chi connectivity index (χ1v) is 25.3. The van der Waals surface area contributed by atoms with Crippen LogP contribution < -0.4 is 0 Å². The quantitative estimate of drug-likeness (QED) is 0.0199. The molecule has 1 rings (SSSR count). The van der Waals surface area contributed by atoms with Crippen molar-refractivity contribution < 1.29 is 33.3 Å². The molecule has 0 spiro atoms. The Bertz CT molecular complexity index is 965. The lowest BCUT2D eigenvalue weighted by Gasteiger charge is -2.18. The smallest absolute Gasteiger partial charge is 0.306 e. The second kappa shape index (κ2) is 41.8. The third-order valence-corrected chi connectivity index (χ3v) is 11.7. The maximum atomic E-state index is 12.8. The zero-order valence-corrected chi connectivity index (χ0v) is 38.5. The average Bonchev–Trinajstić information content (AvgIpc) is 3.98. The van der Waals surface area contributed by atoms with Crippen LogP contribution in [0.3, 0.4) is 0 Å². The number of esters is 3. The van der Waals surface area contributed by atoms with E-state index < -0.39 is 6.10 Å². The highest BCUT2D eigenvalue weighted by atomic mass is 16.6. The second-order valence-electron chi connectivity index (χ2n) is 17.5. The Morgan fingerprint density at radius 1 is 0.414 bits per heavy atom. The summed E-state index contributed by atoms with van der Waals surface area (Å²) >= 11 is 0. The van der Waals surface area contributed by atoms with Crippen molar-refractivity contribution >= 4 is 17.9 Å². The van der Waals surface area contributed by atoms with Crippen LogP contribution in [-0.2, 0) is 33.3 Å². The van der Waals surface area contributed by atoms with Gasteiger partial charge in [-0.3, -0.25) is 14.4 Å². The van der Waals surface area contributed by atoms with Crippen molar-refractivity contribution in [1.82, 2.24) is 0 Å². The van der Waals surface area contributed by atoms with E-state index in [1.807, 2.05) is 0 Å². The van der Waals surface area contributed by atoms with E-state index in [2.05, 4.69) is 32.9 Å². The molecule has 0 aromatic heterocycles. The molecule has 1 aliphatic heterocycles. The summed E-state index contributed by atoms with van der Waals surface area (Å²) in [6.07, 6.45) is 47.8. The minimum atomic E-state index is -0.777. The zero-order valence-electron chi connectivity index (χ0n) is 38.5. The first-order chi connectivity index (χ1) is 28.5. The van der Waals surface area contributed by atoms with Gasteiger partial charge in [-0.25, -0.2) is 0 Å². The van der Waals surface area contributed by atoms with E-state index in [0.717, 1.165) is 77.0 Å². The van der Waals surface area contributed by atoms with Gasteiger partial charge in [-0.05, 0) is 57.8 Å². The summed E-state index contributed by atoms with van der Waals surface area (Å²) in [6.45, 7) is 6.60. The molecule has 58 heavy (non-hydrogen) atoms. The van der Waals surface area contributed by atoms with Gasteiger partial charge < -0.3 is 18.9 Å². The molecule has 3 atom stereocenters. The van der Waals surface area contributed by atoms with Gasteiger partial charge in [0.2, 0.25) is 0 Å². The number of rotatable bonds is 45. The maximum Gasteiger partial charge on any atom is 0.306 e. The lowest BCUT2D eigenvalue weighted by Crippen LogP contribution is -2.30. The van der Waals surface area contributed by atoms with Crippen molar-refractivity contribution in [2.24, 2.45) is 0 Å². The van der Waals surface area contributed by atoms with Crippen molar-refractivity contribution in [2.75, 3.05) is 13.2 Å². The monoisotopic (exact) mass is 819 g/mol. The molecule has 1 heterocycles. The summed E-state index contributed by atoms with van der Waals surface area (Å²) in [5.41, 5.74) is 0. The van der Waals surface area contributed by atoms with Gasteiger partial charge in [-0.1, -0.05) is 200 Å². The van der Waals surface area contributed by atoms with E-state index in [4.69, 9.17) is 18.9 Å². The van der Waals surface area contributed by atoms with Gasteiger partial charge in [0.25, 0.3) is 0 Å². The third-order valence-electron chi connectivity index (χ3n) is 11.7. The van der Waals surface area contributed by atoms with Crippen molar-refractivity contribution in [1.29, 1.82) is 0 Å². The van der Waals surface area contributed by atoms with Crippen molar-refractivity contribution in [2.45, 2.75) is 283 Å². The van der Waals surface area contributed by atoms with Gasteiger partial charge in [0.15, 0.2) is 6.10 Å². The Labute approximate surface area is 358 Å². The summed E-state index contributed by atoms with van der Waals surface area (Å²) in [4.78, 5) is 37.9. The number of carbonyl (C=O) groups excluding carboxylic acids is 3. The average molecular weight is 819 g/mol. The maximum absolute atomic E-state index is 12.8. The number of epoxide rings is 1. The number of unbranched alkanes of at least 4 members (excludes halogenated alkanes) is 28. The van der Waals surface area contributed by atoms with E-state index in [1.165, 1.54) is 148 Å². The molecule has 0 aromatic rings. The Morgan fingerprint density at radius 2 is 0.724 bits per heavy atom. The molecule has 0 amide bonds. The molecular weight excluding hydrogens is 725 g/mol. The molecule has 7 heteroatoms. The highest BCUT2D eigenvalue weighted by Crippen LogP contribution is 2.32. The van der Waals surface area contributed by atoms with Gasteiger partial charge in [0.05, 0.1) is 12.2 Å². The van der Waals surface area contributed by atoms with Gasteiger partial charge in [-0.2, -0.15) is 0 Å². The number of allylic oxidation sites excluding steroid dienone is 2. The van der Waals surface area contributed by atoms with Gasteiger partial charge >= 0.3 is 17.9 Å². The standard InChI is InChI=1S/C51H94O7/c1-4-7-10-13-16-18-19-20-21-22-23-25-27-32-38-43-51(54)57-46(44-55-49(52)41-36-31-26-24-17-14-11-8-5-2)45-56-50(53)42-37-33-28-30-35-40-48-47(58-48)39-34-29-15-12-9-6-3/h20-21,46-48H,4-19,22-45H2,1-3H3/b21-20-. The summed E-state index contributed by atoms with van der Waals surface area (Å²) in [7, 11) is 0. The number of carbonyl (C=O) groups is 3. The Morgan fingerprint density at radius 3 is 1.10 bits per heavy atom. The Balaban J connectivity index is 2.25. The largest absolute Gasteiger partial charge is 0.462 e. The van der Waals surface area contributed by atoms with Crippen LogP contribution in [0.25, 0.3) is 0 Å². The predicted octanol–water partition coefficient (Wildman–Crippen LogP) is 15.2.